The van der Waals surface area contributed by atoms with Crippen molar-refractivity contribution >= 4 is 11.0 Å². The number of nitrogens with zero attached hydrogens (tertiary/aromatic N) is 1. The zero-order chi connectivity index (χ0) is 13.9. The summed E-state index contributed by atoms with van der Waals surface area (Å²) < 4.78 is 11.1. The van der Waals surface area contributed by atoms with Crippen LogP contribution in [-0.2, 0) is 6.54 Å². The van der Waals surface area contributed by atoms with Gasteiger partial charge < -0.3 is 14.3 Å². The predicted molar refractivity (Wildman–Crippen MR) is 78.3 cm³/mol. The van der Waals surface area contributed by atoms with Crippen LogP contribution in [-0.4, -0.2) is 11.7 Å². The molecule has 0 radical (unpaired) electrons. The maximum atomic E-state index is 5.76. The molecule has 4 nitrogen and oxygen atoms in total. The third-order valence-electron chi connectivity index (χ3n) is 3.09. The second-order valence-corrected chi connectivity index (χ2v) is 5.36. The van der Waals surface area contributed by atoms with Gasteiger partial charge in [-0.1, -0.05) is 37.2 Å². The number of para-hydroxylation sites is 1. The molecule has 0 bridgehead atoms. The van der Waals surface area contributed by atoms with Crippen LogP contribution >= 0.6 is 0 Å². The van der Waals surface area contributed by atoms with E-state index in [1.807, 2.05) is 36.4 Å². The quantitative estimate of drug-likeness (QED) is 0.765. The molecule has 1 aromatic carbocycles. The summed E-state index contributed by atoms with van der Waals surface area (Å²) in [5, 5.41) is 8.47. The van der Waals surface area contributed by atoms with Gasteiger partial charge in [0.1, 0.15) is 5.58 Å². The molecule has 104 valence electrons. The van der Waals surface area contributed by atoms with Crippen LogP contribution in [0.1, 0.15) is 19.5 Å². The van der Waals surface area contributed by atoms with Gasteiger partial charge in [0.25, 0.3) is 0 Å². The van der Waals surface area contributed by atoms with E-state index in [0.29, 0.717) is 24.0 Å². The Morgan fingerprint density at radius 3 is 2.80 bits per heavy atom. The SMILES string of the molecule is CC(C)CNCc1cc(-c2cc3ccccc3o2)on1. The van der Waals surface area contributed by atoms with Crippen molar-refractivity contribution in [1.82, 2.24) is 10.5 Å². The van der Waals surface area contributed by atoms with Gasteiger partial charge in [-0.25, -0.2) is 0 Å². The van der Waals surface area contributed by atoms with Crippen LogP contribution < -0.4 is 5.32 Å². The molecular formula is C16H18N2O2. The smallest absolute Gasteiger partial charge is 0.202 e. The molecule has 4 heteroatoms. The summed E-state index contributed by atoms with van der Waals surface area (Å²) in [6, 6.07) is 11.8. The summed E-state index contributed by atoms with van der Waals surface area (Å²) in [5.74, 6) is 2.01. The maximum absolute atomic E-state index is 5.76. The number of rotatable bonds is 5. The summed E-state index contributed by atoms with van der Waals surface area (Å²) in [4.78, 5) is 0. The molecule has 3 aromatic rings. The number of furan rings is 1. The van der Waals surface area contributed by atoms with Gasteiger partial charge in [-0.2, -0.15) is 0 Å². The average Bonchev–Trinajstić information content (AvgIpc) is 3.03. The topological polar surface area (TPSA) is 51.2 Å². The van der Waals surface area contributed by atoms with Gasteiger partial charge in [0.2, 0.25) is 5.76 Å². The lowest BCUT2D eigenvalue weighted by Crippen LogP contribution is -2.18. The van der Waals surface area contributed by atoms with Gasteiger partial charge in [0, 0.05) is 18.0 Å². The van der Waals surface area contributed by atoms with Crippen molar-refractivity contribution in [3.63, 3.8) is 0 Å². The average molecular weight is 270 g/mol. The molecule has 1 N–H and O–H groups in total. The summed E-state index contributed by atoms with van der Waals surface area (Å²) in [6.07, 6.45) is 0. The molecule has 0 saturated heterocycles. The number of hydrogen-bond donors (Lipinski definition) is 1. The molecule has 0 saturated carbocycles. The lowest BCUT2D eigenvalue weighted by Gasteiger charge is -2.03. The number of nitrogens with one attached hydrogen (secondary N) is 1. The molecule has 2 heterocycles. The van der Waals surface area contributed by atoms with Gasteiger partial charge in [-0.05, 0) is 24.6 Å². The zero-order valence-corrected chi connectivity index (χ0v) is 11.7. The molecular weight excluding hydrogens is 252 g/mol. The van der Waals surface area contributed by atoms with Crippen LogP contribution in [0.15, 0.2) is 45.3 Å². The van der Waals surface area contributed by atoms with Crippen molar-refractivity contribution in [3.05, 3.63) is 42.1 Å². The van der Waals surface area contributed by atoms with Crippen LogP contribution in [0.25, 0.3) is 22.5 Å². The first-order valence-electron chi connectivity index (χ1n) is 6.87. The molecule has 0 spiro atoms. The third kappa shape index (κ3) is 2.75. The van der Waals surface area contributed by atoms with Crippen LogP contribution in [0, 0.1) is 5.92 Å². The van der Waals surface area contributed by atoms with Gasteiger partial charge in [-0.15, -0.1) is 0 Å². The first-order valence-corrected chi connectivity index (χ1v) is 6.87. The molecule has 0 aliphatic carbocycles. The molecule has 2 aromatic heterocycles. The standard InChI is InChI=1S/C16H18N2O2/c1-11(2)9-17-10-13-8-16(20-18-13)15-7-12-5-3-4-6-14(12)19-15/h3-8,11,17H,9-10H2,1-2H3. The molecule has 3 rings (SSSR count). The highest BCUT2D eigenvalue weighted by atomic mass is 16.5. The summed E-state index contributed by atoms with van der Waals surface area (Å²) in [6.45, 7) is 6.03. The number of fused-ring (bicyclic) bond motifs is 1. The third-order valence-corrected chi connectivity index (χ3v) is 3.09. The molecule has 0 unspecified atom stereocenters. The highest BCUT2D eigenvalue weighted by Gasteiger charge is 2.11. The highest BCUT2D eigenvalue weighted by Crippen LogP contribution is 2.27. The Balaban J connectivity index is 1.75. The van der Waals surface area contributed by atoms with Crippen molar-refractivity contribution in [1.29, 1.82) is 0 Å². The lowest BCUT2D eigenvalue weighted by atomic mass is 10.2. The van der Waals surface area contributed by atoms with E-state index in [2.05, 4.69) is 24.3 Å². The second-order valence-electron chi connectivity index (χ2n) is 5.36. The van der Waals surface area contributed by atoms with E-state index in [1.165, 1.54) is 0 Å². The summed E-state index contributed by atoms with van der Waals surface area (Å²) in [7, 11) is 0. The molecule has 0 aliphatic heterocycles. The largest absolute Gasteiger partial charge is 0.453 e. The Labute approximate surface area is 117 Å². The molecule has 20 heavy (non-hydrogen) atoms. The Kier molecular flexibility index (Phi) is 3.56. The summed E-state index contributed by atoms with van der Waals surface area (Å²) >= 11 is 0. The van der Waals surface area contributed by atoms with Gasteiger partial charge >= 0.3 is 0 Å². The summed E-state index contributed by atoms with van der Waals surface area (Å²) in [5.41, 5.74) is 1.75. The monoisotopic (exact) mass is 270 g/mol. The van der Waals surface area contributed by atoms with E-state index >= 15 is 0 Å². The number of aromatic nitrogens is 1. The fourth-order valence-corrected chi connectivity index (χ4v) is 2.10. The molecule has 0 aliphatic rings. The number of hydrogen-bond acceptors (Lipinski definition) is 4. The van der Waals surface area contributed by atoms with Crippen LogP contribution in [0.4, 0.5) is 0 Å². The molecule has 0 atom stereocenters. The Bertz CT molecular complexity index is 664. The van der Waals surface area contributed by atoms with Crippen molar-refractivity contribution in [2.24, 2.45) is 5.92 Å². The van der Waals surface area contributed by atoms with E-state index in [-0.39, 0.29) is 0 Å². The fraction of sp³-hybridized carbons (Fsp3) is 0.312. The zero-order valence-electron chi connectivity index (χ0n) is 11.7. The predicted octanol–water partition coefficient (Wildman–Crippen LogP) is 3.83. The minimum absolute atomic E-state index is 0.622. The maximum Gasteiger partial charge on any atom is 0.202 e. The lowest BCUT2D eigenvalue weighted by molar-refractivity contribution is 0.408. The Hall–Kier alpha value is -2.07. The van der Waals surface area contributed by atoms with Gasteiger partial charge in [0.05, 0.1) is 5.69 Å². The first-order chi connectivity index (χ1) is 9.72. The first kappa shape index (κ1) is 12.9. The molecule has 0 fully saturated rings. The van der Waals surface area contributed by atoms with E-state index in [1.54, 1.807) is 0 Å². The fourth-order valence-electron chi connectivity index (χ4n) is 2.10. The van der Waals surface area contributed by atoms with E-state index in [4.69, 9.17) is 8.94 Å². The number of benzene rings is 1. The van der Waals surface area contributed by atoms with E-state index in [9.17, 15) is 0 Å². The van der Waals surface area contributed by atoms with Crippen molar-refractivity contribution in [3.8, 4) is 11.5 Å². The van der Waals surface area contributed by atoms with Crippen molar-refractivity contribution in [2.45, 2.75) is 20.4 Å². The Morgan fingerprint density at radius 1 is 1.15 bits per heavy atom. The van der Waals surface area contributed by atoms with Crippen molar-refractivity contribution in [2.75, 3.05) is 6.54 Å². The normalized spacial score (nSPS) is 11.6. The van der Waals surface area contributed by atoms with Crippen LogP contribution in [0.2, 0.25) is 0 Å². The van der Waals surface area contributed by atoms with Gasteiger partial charge in [0.15, 0.2) is 5.76 Å². The Morgan fingerprint density at radius 2 is 2.00 bits per heavy atom. The van der Waals surface area contributed by atoms with Crippen LogP contribution in [0.3, 0.4) is 0 Å². The van der Waals surface area contributed by atoms with E-state index in [0.717, 1.165) is 23.2 Å². The minimum atomic E-state index is 0.622. The van der Waals surface area contributed by atoms with E-state index < -0.39 is 0 Å². The minimum Gasteiger partial charge on any atom is -0.453 e. The highest BCUT2D eigenvalue weighted by molar-refractivity contribution is 5.81. The van der Waals surface area contributed by atoms with Gasteiger partial charge in [-0.3, -0.25) is 0 Å². The second kappa shape index (κ2) is 5.51. The van der Waals surface area contributed by atoms with Crippen LogP contribution in [0.5, 0.6) is 0 Å². The molecule has 0 amide bonds. The van der Waals surface area contributed by atoms with Crippen molar-refractivity contribution < 1.29 is 8.94 Å².